The largest absolute Gasteiger partial charge is 0.421 e. The van der Waals surface area contributed by atoms with Gasteiger partial charge >= 0.3 is 6.18 Å². The van der Waals surface area contributed by atoms with Crippen molar-refractivity contribution in [3.05, 3.63) is 59.5 Å². The quantitative estimate of drug-likeness (QED) is 0.181. The monoisotopic (exact) mass is 741 g/mol. The smallest absolute Gasteiger partial charge is 0.388 e. The number of benzene rings is 1. The molecule has 3 heterocycles. The van der Waals surface area contributed by atoms with Gasteiger partial charge in [-0.1, -0.05) is 13.5 Å². The fourth-order valence-corrected chi connectivity index (χ4v) is 8.54. The second kappa shape index (κ2) is 15.7. The number of aliphatic hydroxyl groups is 1. The summed E-state index contributed by atoms with van der Waals surface area (Å²) in [5.41, 5.74) is -1.16. The lowest BCUT2D eigenvalue weighted by atomic mass is 9.86. The third-order valence-electron chi connectivity index (χ3n) is 9.99. The minimum Gasteiger partial charge on any atom is -0.388 e. The summed E-state index contributed by atoms with van der Waals surface area (Å²) < 4.78 is 100. The molecule has 10 nitrogen and oxygen atoms in total. The molecule has 0 amide bonds. The number of alkyl halides is 3. The van der Waals surface area contributed by atoms with Gasteiger partial charge in [0.2, 0.25) is 16.0 Å². The van der Waals surface area contributed by atoms with Gasteiger partial charge in [0.1, 0.15) is 27.9 Å². The Bertz CT molecular complexity index is 1700. The summed E-state index contributed by atoms with van der Waals surface area (Å²) in [6, 6.07) is 1.80. The number of nitrogens with one attached hydrogen (secondary N) is 2. The summed E-state index contributed by atoms with van der Waals surface area (Å²) in [5.74, 6) is -1.45. The van der Waals surface area contributed by atoms with E-state index in [9.17, 15) is 31.1 Å². The minimum atomic E-state index is -4.75. The Labute approximate surface area is 296 Å². The minimum absolute atomic E-state index is 0.0585. The van der Waals surface area contributed by atoms with Crippen molar-refractivity contribution < 1.29 is 35.5 Å². The third kappa shape index (κ3) is 9.96. The number of halogens is 5. The Balaban J connectivity index is 1.18. The maximum atomic E-state index is 15.4. The van der Waals surface area contributed by atoms with E-state index < -0.39 is 43.9 Å². The van der Waals surface area contributed by atoms with Crippen LogP contribution in [-0.4, -0.2) is 90.7 Å². The number of aryl methyl sites for hydroxylation is 1. The molecule has 16 heteroatoms. The Morgan fingerprint density at radius 2 is 1.82 bits per heavy atom. The van der Waals surface area contributed by atoms with Gasteiger partial charge in [-0.25, -0.2) is 26.9 Å². The van der Waals surface area contributed by atoms with Crippen molar-refractivity contribution in [1.29, 1.82) is 0 Å². The van der Waals surface area contributed by atoms with Gasteiger partial charge in [0.15, 0.2) is 0 Å². The van der Waals surface area contributed by atoms with Gasteiger partial charge < -0.3 is 20.2 Å². The average Bonchev–Trinajstić information content (AvgIpc) is 3.06. The van der Waals surface area contributed by atoms with Crippen LogP contribution >= 0.6 is 0 Å². The van der Waals surface area contributed by atoms with E-state index in [0.717, 1.165) is 51.6 Å². The lowest BCUT2D eigenvalue weighted by Crippen LogP contribution is -2.47. The zero-order valence-electron chi connectivity index (χ0n) is 29.4. The van der Waals surface area contributed by atoms with Crippen LogP contribution in [-0.2, 0) is 16.2 Å². The van der Waals surface area contributed by atoms with Crippen LogP contribution in [0.4, 0.5) is 39.4 Å². The zero-order chi connectivity index (χ0) is 37.1. The number of aromatic nitrogens is 2. The van der Waals surface area contributed by atoms with Crippen LogP contribution < -0.4 is 14.9 Å². The number of β-amino-alcohol motifs (C(OH)–C–C–N with tert-alkyl or cyclic N) is 1. The fraction of sp³-hybridized carbons (Fsp3) is 0.600. The van der Waals surface area contributed by atoms with Gasteiger partial charge in [-0.15, -0.1) is 0 Å². The number of nitrogens with zero attached hydrogens (tertiary/aromatic N) is 5. The van der Waals surface area contributed by atoms with E-state index in [2.05, 4.69) is 36.4 Å². The number of anilines is 3. The molecule has 0 radical (unpaired) electrons. The van der Waals surface area contributed by atoms with Crippen LogP contribution in [0, 0.1) is 18.7 Å². The second-order valence-corrected chi connectivity index (χ2v) is 15.9. The fourth-order valence-electron chi connectivity index (χ4n) is 7.09. The zero-order valence-corrected chi connectivity index (χ0v) is 30.2. The van der Waals surface area contributed by atoms with E-state index in [0.29, 0.717) is 55.5 Å². The first-order valence-electron chi connectivity index (χ1n) is 17.5. The standard InChI is InChI=1S/C35H48F5N7O3S/c1-5-26(36)18-24(3)46-15-13-45(14-16-46)21-25-7-9-27(10-8-25)44-51(49,50)31-17-23(2)30(19-29(31)37)42-33-41-20-28(35(38,39)40)32(43-33)47-12-6-11-34(4,48)22-47/h17-20,25,27,44,48H,3,5-16,21-22H2,1-2,4H3,(H,41,42,43)/b26-18+/t25?,27?,34-/m0/s1. The Hall–Kier alpha value is -3.34. The van der Waals surface area contributed by atoms with Crippen LogP contribution in [0.15, 0.2) is 47.4 Å². The van der Waals surface area contributed by atoms with E-state index in [-0.39, 0.29) is 36.6 Å². The first-order chi connectivity index (χ1) is 23.9. The number of piperidine rings is 1. The van der Waals surface area contributed by atoms with Crippen molar-refractivity contribution in [3.8, 4) is 0 Å². The molecule has 3 aliphatic rings. The predicted molar refractivity (Wildman–Crippen MR) is 186 cm³/mol. The van der Waals surface area contributed by atoms with Gasteiger partial charge in [-0.3, -0.25) is 4.90 Å². The van der Waals surface area contributed by atoms with E-state index in [1.54, 1.807) is 20.8 Å². The summed E-state index contributed by atoms with van der Waals surface area (Å²) in [6.07, 6.45) is 1.49. The maximum Gasteiger partial charge on any atom is 0.421 e. The molecule has 1 aromatic heterocycles. The van der Waals surface area contributed by atoms with Crippen molar-refractivity contribution >= 4 is 27.5 Å². The number of hydrogen-bond acceptors (Lipinski definition) is 9. The van der Waals surface area contributed by atoms with Gasteiger partial charge in [0, 0.05) is 69.4 Å². The summed E-state index contributed by atoms with van der Waals surface area (Å²) in [5, 5.41) is 13.2. The molecule has 3 fully saturated rings. The molecular weight excluding hydrogens is 693 g/mol. The number of rotatable bonds is 11. The van der Waals surface area contributed by atoms with E-state index in [1.807, 2.05) is 0 Å². The lowest BCUT2D eigenvalue weighted by Gasteiger charge is -2.39. The normalized spacial score (nSPS) is 24.1. The summed E-state index contributed by atoms with van der Waals surface area (Å²) in [4.78, 5) is 13.2. The molecule has 1 aliphatic carbocycles. The van der Waals surface area contributed by atoms with Crippen molar-refractivity contribution in [2.75, 3.05) is 56.0 Å². The molecule has 0 unspecified atom stereocenters. The topological polar surface area (TPSA) is 114 Å². The molecule has 2 aliphatic heterocycles. The van der Waals surface area contributed by atoms with Crippen molar-refractivity contribution in [3.63, 3.8) is 0 Å². The molecular formula is C35H48F5N7O3S. The summed E-state index contributed by atoms with van der Waals surface area (Å²) in [7, 11) is -4.22. The molecule has 2 saturated heterocycles. The second-order valence-electron chi connectivity index (χ2n) is 14.2. The highest BCUT2D eigenvalue weighted by Crippen LogP contribution is 2.38. The molecule has 1 atom stereocenters. The van der Waals surface area contributed by atoms with E-state index in [4.69, 9.17) is 0 Å². The molecule has 2 aromatic rings. The van der Waals surface area contributed by atoms with Crippen LogP contribution in [0.2, 0.25) is 0 Å². The molecule has 1 saturated carbocycles. The van der Waals surface area contributed by atoms with Gasteiger partial charge in [-0.2, -0.15) is 18.2 Å². The first kappa shape index (κ1) is 38.9. The van der Waals surface area contributed by atoms with E-state index in [1.165, 1.54) is 17.0 Å². The highest BCUT2D eigenvalue weighted by molar-refractivity contribution is 7.89. The maximum absolute atomic E-state index is 15.4. The highest BCUT2D eigenvalue weighted by atomic mass is 32.2. The van der Waals surface area contributed by atoms with Gasteiger partial charge in [0.25, 0.3) is 0 Å². The van der Waals surface area contributed by atoms with Gasteiger partial charge in [-0.05, 0) is 88.5 Å². The Morgan fingerprint density at radius 1 is 1.14 bits per heavy atom. The van der Waals surface area contributed by atoms with Gasteiger partial charge in [0.05, 0.1) is 5.60 Å². The molecule has 51 heavy (non-hydrogen) atoms. The van der Waals surface area contributed by atoms with Crippen LogP contribution in [0.25, 0.3) is 0 Å². The SMILES string of the molecule is C=C(/C=C(/F)CC)N1CCN(CC2CCC(NS(=O)(=O)c3cc(C)c(Nc4ncc(C(F)(F)F)c(N5CCC[C@](C)(O)C5)n4)cc3F)CC2)CC1. The molecule has 3 N–H and O–H groups in total. The number of piperazine rings is 1. The third-order valence-corrected chi connectivity index (χ3v) is 11.5. The number of allylic oxidation sites excluding steroid dienone is 2. The molecule has 1 aromatic carbocycles. The molecule has 0 bridgehead atoms. The molecule has 5 rings (SSSR count). The Kier molecular flexibility index (Phi) is 12.0. The van der Waals surface area contributed by atoms with Crippen molar-refractivity contribution in [2.24, 2.45) is 5.92 Å². The highest BCUT2D eigenvalue weighted by Gasteiger charge is 2.39. The van der Waals surface area contributed by atoms with Crippen molar-refractivity contribution in [1.82, 2.24) is 24.5 Å². The van der Waals surface area contributed by atoms with E-state index >= 15 is 4.39 Å². The van der Waals surface area contributed by atoms with Crippen LogP contribution in [0.5, 0.6) is 0 Å². The summed E-state index contributed by atoms with van der Waals surface area (Å²) in [6.45, 7) is 13.1. The predicted octanol–water partition coefficient (Wildman–Crippen LogP) is 6.27. The van der Waals surface area contributed by atoms with Crippen LogP contribution in [0.3, 0.4) is 0 Å². The molecule has 0 spiro atoms. The number of hydrogen-bond donors (Lipinski definition) is 3. The Morgan fingerprint density at radius 3 is 2.45 bits per heavy atom. The average molecular weight is 742 g/mol. The van der Waals surface area contributed by atoms with Crippen molar-refractivity contribution in [2.45, 2.75) is 88.4 Å². The number of sulfonamides is 1. The first-order valence-corrected chi connectivity index (χ1v) is 19.0. The summed E-state index contributed by atoms with van der Waals surface area (Å²) >= 11 is 0. The van der Waals surface area contributed by atoms with Crippen LogP contribution in [0.1, 0.15) is 69.9 Å². The lowest BCUT2D eigenvalue weighted by molar-refractivity contribution is -0.137. The molecule has 282 valence electrons.